The van der Waals surface area contributed by atoms with Crippen molar-refractivity contribution in [2.75, 3.05) is 0 Å². The van der Waals surface area contributed by atoms with Gasteiger partial charge in [0.25, 0.3) is 20.0 Å². The van der Waals surface area contributed by atoms with Crippen molar-refractivity contribution in [3.05, 3.63) is 132 Å². The van der Waals surface area contributed by atoms with E-state index >= 15 is 0 Å². The molecule has 220 valence electrons. The van der Waals surface area contributed by atoms with Crippen molar-refractivity contribution in [2.24, 2.45) is 16.6 Å². The van der Waals surface area contributed by atoms with E-state index in [4.69, 9.17) is 5.14 Å². The lowest BCUT2D eigenvalue weighted by atomic mass is 9.98. The molecule has 0 saturated heterocycles. The Morgan fingerprint density at radius 3 is 1.61 bits per heavy atom. The fourth-order valence-electron chi connectivity index (χ4n) is 4.76. The van der Waals surface area contributed by atoms with Crippen molar-refractivity contribution in [1.82, 2.24) is 9.78 Å². The maximum Gasteiger partial charge on any atom is 0.285 e. The van der Waals surface area contributed by atoms with Gasteiger partial charge in [-0.15, -0.1) is 9.50 Å². The molecule has 0 aliphatic carbocycles. The van der Waals surface area contributed by atoms with Crippen molar-refractivity contribution in [1.29, 1.82) is 0 Å². The molecule has 0 unspecified atom stereocenters. The minimum absolute atomic E-state index is 0.0594. The van der Waals surface area contributed by atoms with Crippen LogP contribution < -0.4 is 14.5 Å². The Morgan fingerprint density at radius 1 is 0.682 bits per heavy atom. The highest BCUT2D eigenvalue weighted by molar-refractivity contribution is 7.91. The second-order valence-corrected chi connectivity index (χ2v) is 14.1. The number of benzene rings is 4. The summed E-state index contributed by atoms with van der Waals surface area (Å²) >= 11 is 0.576. The number of hydrogen-bond acceptors (Lipinski definition) is 6. The third-order valence-corrected chi connectivity index (χ3v) is 10.5. The fraction of sp³-hybridized carbons (Fsp3) is 0.0312. The fourth-order valence-corrected chi connectivity index (χ4v) is 7.53. The molecule has 2 N–H and O–H groups in total. The number of pyridine rings is 1. The maximum absolute atomic E-state index is 13.3. The summed E-state index contributed by atoms with van der Waals surface area (Å²) in [5.41, 5.74) is 6.64. The first kappa shape index (κ1) is 29.3. The van der Waals surface area contributed by atoms with Crippen LogP contribution in [0.15, 0.2) is 141 Å². The van der Waals surface area contributed by atoms with Crippen molar-refractivity contribution >= 4 is 31.4 Å². The largest absolute Gasteiger partial charge is 0.285 e. The van der Waals surface area contributed by atoms with Gasteiger partial charge in [0.05, 0.1) is 4.90 Å². The molecule has 0 bridgehead atoms. The average molecular weight is 641 g/mol. The van der Waals surface area contributed by atoms with E-state index < -0.39 is 24.4 Å². The van der Waals surface area contributed by atoms with Crippen LogP contribution in [-0.4, -0.2) is 26.6 Å². The molecule has 0 aliphatic rings. The molecule has 4 aromatic carbocycles. The molecule has 0 atom stereocenters. The second-order valence-electron chi connectivity index (χ2n) is 9.83. The first-order chi connectivity index (χ1) is 21.1. The number of aromatic nitrogens is 3. The van der Waals surface area contributed by atoms with E-state index in [1.54, 1.807) is 12.1 Å². The van der Waals surface area contributed by atoms with E-state index in [0.717, 1.165) is 44.0 Å². The van der Waals surface area contributed by atoms with Crippen LogP contribution in [0.25, 0.3) is 39.3 Å². The van der Waals surface area contributed by atoms with Crippen LogP contribution in [0.4, 0.5) is 0 Å². The van der Waals surface area contributed by atoms with Crippen molar-refractivity contribution in [3.8, 4) is 39.3 Å². The number of hydrogen-bond donors (Lipinski definition) is 1. The van der Waals surface area contributed by atoms with E-state index in [2.05, 4.69) is 38.3 Å². The molecule has 2 aromatic heterocycles. The van der Waals surface area contributed by atoms with Crippen LogP contribution in [0.3, 0.4) is 0 Å². The monoisotopic (exact) mass is 640 g/mol. The third kappa shape index (κ3) is 6.01. The molecule has 0 radical (unpaired) electrons. The molecule has 0 aliphatic heterocycles. The Morgan fingerprint density at radius 2 is 1.16 bits per heavy atom. The van der Waals surface area contributed by atoms with E-state index in [1.165, 1.54) is 19.2 Å². The maximum atomic E-state index is 13.3. The first-order valence-electron chi connectivity index (χ1n) is 13.3. The van der Waals surface area contributed by atoms with Gasteiger partial charge in [0.1, 0.15) is 0 Å². The molecular weight excluding hydrogens is 615 g/mol. The van der Waals surface area contributed by atoms with Gasteiger partial charge in [0, 0.05) is 42.4 Å². The molecule has 12 heteroatoms. The Balaban J connectivity index is 1.53. The summed E-state index contributed by atoms with van der Waals surface area (Å²) in [6.07, 6.45) is 0. The smallest absolute Gasteiger partial charge is 0.239 e. The molecule has 0 spiro atoms. The van der Waals surface area contributed by atoms with Crippen LogP contribution in [0.1, 0.15) is 0 Å². The van der Waals surface area contributed by atoms with Gasteiger partial charge in [0.2, 0.25) is 26.2 Å². The Hall–Kier alpha value is -4.75. The molecule has 0 amide bonds. The third-order valence-electron chi connectivity index (χ3n) is 6.83. The average Bonchev–Trinajstić information content (AvgIpc) is 3.41. The van der Waals surface area contributed by atoms with E-state index in [9.17, 15) is 16.8 Å². The van der Waals surface area contributed by atoms with Gasteiger partial charge in [-0.05, 0) is 47.5 Å². The van der Waals surface area contributed by atoms with E-state index in [0.29, 0.717) is 11.3 Å². The Bertz CT molecular complexity index is 2190. The summed E-state index contributed by atoms with van der Waals surface area (Å²) in [4.78, 5) is -0.183. The van der Waals surface area contributed by atoms with Gasteiger partial charge in [-0.2, -0.15) is 13.0 Å². The van der Waals surface area contributed by atoms with Crippen molar-refractivity contribution < 1.29 is 21.4 Å². The summed E-state index contributed by atoms with van der Waals surface area (Å²) in [6, 6.07) is 40.8. The lowest BCUT2D eigenvalue weighted by molar-refractivity contribution is -0.572. The minimum atomic E-state index is -4.20. The van der Waals surface area contributed by atoms with Crippen molar-refractivity contribution in [2.45, 2.75) is 9.24 Å². The van der Waals surface area contributed by atoms with Gasteiger partial charge < -0.3 is 0 Å². The molecule has 0 fully saturated rings. The molecular formula is C32H26N5O4S3+. The lowest BCUT2D eigenvalue weighted by Gasteiger charge is -2.13. The van der Waals surface area contributed by atoms with Crippen molar-refractivity contribution in [3.63, 3.8) is 0 Å². The quantitative estimate of drug-likeness (QED) is 0.253. The summed E-state index contributed by atoms with van der Waals surface area (Å²) in [5.74, 6) is 0. The first-order valence-corrected chi connectivity index (χ1v) is 17.2. The standard InChI is InChI=1S/C32H26N5O4S3/c1-36-31(42-32(34-36)43(33,38)39)35-44(40,41)28-19-17-27(18-20-28)37-29(24-13-7-3-8-14-24)21-26(23-11-5-2-6-12-23)22-30(37)25-15-9-4-10-16-25/h2-22H,1H3,(H2,33,38,39)/q+1/b35-31+. The normalized spacial score (nSPS) is 12.4. The Kier molecular flexibility index (Phi) is 7.82. The van der Waals surface area contributed by atoms with Gasteiger partial charge in [0.15, 0.2) is 0 Å². The summed E-state index contributed by atoms with van der Waals surface area (Å²) in [6.45, 7) is 0. The minimum Gasteiger partial charge on any atom is -0.239 e. The van der Waals surface area contributed by atoms with Crippen LogP contribution in [0.5, 0.6) is 0 Å². The molecule has 6 aromatic rings. The molecule has 44 heavy (non-hydrogen) atoms. The van der Waals surface area contributed by atoms with Gasteiger partial charge >= 0.3 is 0 Å². The topological polar surface area (TPSA) is 128 Å². The van der Waals surface area contributed by atoms with Gasteiger partial charge in [-0.1, -0.05) is 78.1 Å². The Labute approximate surface area is 259 Å². The van der Waals surface area contributed by atoms with E-state index in [-0.39, 0.29) is 9.70 Å². The summed E-state index contributed by atoms with van der Waals surface area (Å²) in [7, 11) is -6.91. The molecule has 6 rings (SSSR count). The SMILES string of the molecule is Cn1nc(S(N)(=O)=O)s/c1=N/S(=O)(=O)c1ccc(-[n+]2c(-c3ccccc3)cc(-c3ccccc3)cc2-c2ccccc2)cc1. The van der Waals surface area contributed by atoms with E-state index in [1.807, 2.05) is 78.9 Å². The predicted molar refractivity (Wildman–Crippen MR) is 169 cm³/mol. The van der Waals surface area contributed by atoms with Crippen LogP contribution in [0.2, 0.25) is 0 Å². The highest BCUT2D eigenvalue weighted by Gasteiger charge is 2.26. The number of rotatable bonds is 7. The highest BCUT2D eigenvalue weighted by Crippen LogP contribution is 2.30. The predicted octanol–water partition coefficient (Wildman–Crippen LogP) is 4.70. The number of primary sulfonamides is 1. The zero-order valence-electron chi connectivity index (χ0n) is 23.3. The number of aryl methyl sites for hydroxylation is 1. The summed E-state index contributed by atoms with van der Waals surface area (Å²) in [5, 5.41) is 8.93. The highest BCUT2D eigenvalue weighted by atomic mass is 32.2. The van der Waals surface area contributed by atoms with Gasteiger partial charge in [-0.3, -0.25) is 0 Å². The summed E-state index contributed by atoms with van der Waals surface area (Å²) < 4.78 is 56.5. The zero-order chi connectivity index (χ0) is 30.9. The lowest BCUT2D eigenvalue weighted by Crippen LogP contribution is -2.36. The number of sulfonamides is 2. The molecule has 0 saturated carbocycles. The van der Waals surface area contributed by atoms with Gasteiger partial charge in [-0.25, -0.2) is 18.2 Å². The molecule has 9 nitrogen and oxygen atoms in total. The second kappa shape index (κ2) is 11.7. The van der Waals surface area contributed by atoms with Crippen LogP contribution in [-0.2, 0) is 27.1 Å². The number of nitrogens with zero attached hydrogens (tertiary/aromatic N) is 4. The molecule has 2 heterocycles. The number of nitrogens with two attached hydrogens (primary N) is 1. The van der Waals surface area contributed by atoms with Crippen LogP contribution in [0, 0.1) is 0 Å². The zero-order valence-corrected chi connectivity index (χ0v) is 25.8. The van der Waals surface area contributed by atoms with Crippen LogP contribution >= 0.6 is 11.3 Å².